The summed E-state index contributed by atoms with van der Waals surface area (Å²) >= 11 is 5.77. The van der Waals surface area contributed by atoms with Gasteiger partial charge in [0.05, 0.1) is 0 Å². The Labute approximate surface area is 105 Å². The molecule has 1 aliphatic rings. The standard InChI is InChI=1S/C13H19BrS/c1-10-4-6-11(7-5-10)13(14)9-12-3-2-8-15-12/h2-3,8,10-11,13H,4-7,9H2,1H3. The molecular formula is C13H19BrS. The predicted octanol–water partition coefficient (Wildman–Crippen LogP) is 4.88. The van der Waals surface area contributed by atoms with Crippen molar-refractivity contribution >= 4 is 27.3 Å². The minimum absolute atomic E-state index is 0.698. The Morgan fingerprint density at radius 1 is 1.40 bits per heavy atom. The minimum Gasteiger partial charge on any atom is -0.149 e. The Balaban J connectivity index is 1.83. The van der Waals surface area contributed by atoms with Crippen molar-refractivity contribution in [3.8, 4) is 0 Å². The smallest absolute Gasteiger partial charge is 0.0222 e. The summed E-state index contributed by atoms with van der Waals surface area (Å²) in [5, 5.41) is 2.18. The summed E-state index contributed by atoms with van der Waals surface area (Å²) in [6, 6.07) is 4.41. The maximum Gasteiger partial charge on any atom is 0.0222 e. The minimum atomic E-state index is 0.698. The molecule has 1 atom stereocenters. The van der Waals surface area contributed by atoms with Gasteiger partial charge in [-0.1, -0.05) is 41.8 Å². The zero-order chi connectivity index (χ0) is 10.7. The van der Waals surface area contributed by atoms with Crippen molar-refractivity contribution in [3.05, 3.63) is 22.4 Å². The van der Waals surface area contributed by atoms with Crippen LogP contribution < -0.4 is 0 Å². The van der Waals surface area contributed by atoms with Crippen LogP contribution in [0.1, 0.15) is 37.5 Å². The van der Waals surface area contributed by atoms with Crippen LogP contribution in [-0.2, 0) is 6.42 Å². The summed E-state index contributed by atoms with van der Waals surface area (Å²) in [6.07, 6.45) is 6.91. The molecule has 1 aromatic heterocycles. The number of thiophene rings is 1. The Hall–Kier alpha value is 0.180. The van der Waals surface area contributed by atoms with Gasteiger partial charge in [-0.15, -0.1) is 11.3 Å². The van der Waals surface area contributed by atoms with E-state index in [2.05, 4.69) is 40.4 Å². The molecule has 0 aromatic carbocycles. The van der Waals surface area contributed by atoms with Crippen molar-refractivity contribution in [3.63, 3.8) is 0 Å². The summed E-state index contributed by atoms with van der Waals surface area (Å²) in [7, 11) is 0. The second kappa shape index (κ2) is 5.49. The van der Waals surface area contributed by atoms with E-state index in [1.54, 1.807) is 0 Å². The molecular weight excluding hydrogens is 268 g/mol. The highest BCUT2D eigenvalue weighted by atomic mass is 79.9. The van der Waals surface area contributed by atoms with Crippen LogP contribution in [0.3, 0.4) is 0 Å². The van der Waals surface area contributed by atoms with Gasteiger partial charge in [0.25, 0.3) is 0 Å². The fourth-order valence-corrected chi connectivity index (χ4v) is 4.29. The second-order valence-corrected chi connectivity index (χ2v) is 7.03. The van der Waals surface area contributed by atoms with Crippen molar-refractivity contribution < 1.29 is 0 Å². The molecule has 2 rings (SSSR count). The Morgan fingerprint density at radius 3 is 2.73 bits per heavy atom. The SMILES string of the molecule is CC1CCC(C(Br)Cc2cccs2)CC1. The number of hydrogen-bond acceptors (Lipinski definition) is 1. The van der Waals surface area contributed by atoms with Gasteiger partial charge < -0.3 is 0 Å². The lowest BCUT2D eigenvalue weighted by Crippen LogP contribution is -2.22. The zero-order valence-corrected chi connectivity index (χ0v) is 11.7. The summed E-state index contributed by atoms with van der Waals surface area (Å²) < 4.78 is 0. The van der Waals surface area contributed by atoms with Crippen LogP contribution in [0.2, 0.25) is 0 Å². The number of hydrogen-bond donors (Lipinski definition) is 0. The van der Waals surface area contributed by atoms with Crippen LogP contribution in [0.5, 0.6) is 0 Å². The molecule has 1 heterocycles. The quantitative estimate of drug-likeness (QED) is 0.695. The lowest BCUT2D eigenvalue weighted by molar-refractivity contribution is 0.286. The van der Waals surface area contributed by atoms with E-state index < -0.39 is 0 Å². The molecule has 15 heavy (non-hydrogen) atoms. The zero-order valence-electron chi connectivity index (χ0n) is 9.29. The molecule has 0 bridgehead atoms. The van der Waals surface area contributed by atoms with Gasteiger partial charge in [0.15, 0.2) is 0 Å². The second-order valence-electron chi connectivity index (χ2n) is 4.82. The van der Waals surface area contributed by atoms with E-state index in [4.69, 9.17) is 0 Å². The van der Waals surface area contributed by atoms with Gasteiger partial charge in [-0.25, -0.2) is 0 Å². The van der Waals surface area contributed by atoms with Crippen molar-refractivity contribution in [1.82, 2.24) is 0 Å². The van der Waals surface area contributed by atoms with Crippen LogP contribution >= 0.6 is 27.3 Å². The number of halogens is 1. The summed E-state index contributed by atoms with van der Waals surface area (Å²) in [4.78, 5) is 2.22. The molecule has 1 fully saturated rings. The van der Waals surface area contributed by atoms with Gasteiger partial charge in [-0.05, 0) is 42.5 Å². The fourth-order valence-electron chi connectivity index (χ4n) is 2.44. The van der Waals surface area contributed by atoms with E-state index in [1.807, 2.05) is 11.3 Å². The monoisotopic (exact) mass is 286 g/mol. The third-order valence-corrected chi connectivity index (χ3v) is 5.52. The molecule has 0 nitrogen and oxygen atoms in total. The molecule has 0 spiro atoms. The Kier molecular flexibility index (Phi) is 4.27. The van der Waals surface area contributed by atoms with E-state index >= 15 is 0 Å². The first kappa shape index (κ1) is 11.7. The third kappa shape index (κ3) is 3.32. The maximum atomic E-state index is 3.89. The summed E-state index contributed by atoms with van der Waals surface area (Å²) in [6.45, 7) is 2.39. The average Bonchev–Trinajstić information content (AvgIpc) is 2.71. The fraction of sp³-hybridized carbons (Fsp3) is 0.692. The molecule has 1 unspecified atom stereocenters. The van der Waals surface area contributed by atoms with Gasteiger partial charge in [0.2, 0.25) is 0 Å². The van der Waals surface area contributed by atoms with Crippen molar-refractivity contribution in [1.29, 1.82) is 0 Å². The van der Waals surface area contributed by atoms with Gasteiger partial charge in [-0.3, -0.25) is 0 Å². The first-order chi connectivity index (χ1) is 7.25. The highest BCUT2D eigenvalue weighted by Crippen LogP contribution is 2.34. The van der Waals surface area contributed by atoms with Gasteiger partial charge in [0.1, 0.15) is 0 Å². The topological polar surface area (TPSA) is 0 Å². The van der Waals surface area contributed by atoms with Gasteiger partial charge in [-0.2, -0.15) is 0 Å². The normalized spacial score (nSPS) is 28.9. The largest absolute Gasteiger partial charge is 0.149 e. The number of alkyl halides is 1. The van der Waals surface area contributed by atoms with Gasteiger partial charge in [0, 0.05) is 9.70 Å². The van der Waals surface area contributed by atoms with E-state index in [-0.39, 0.29) is 0 Å². The van der Waals surface area contributed by atoms with Crippen LogP contribution in [0.25, 0.3) is 0 Å². The predicted molar refractivity (Wildman–Crippen MR) is 71.9 cm³/mol. The highest BCUT2D eigenvalue weighted by molar-refractivity contribution is 9.09. The van der Waals surface area contributed by atoms with Crippen molar-refractivity contribution in [2.45, 2.75) is 43.9 Å². The Bertz CT molecular complexity index is 273. The molecule has 2 heteroatoms. The molecule has 0 amide bonds. The lowest BCUT2D eigenvalue weighted by atomic mass is 9.81. The molecule has 1 saturated carbocycles. The third-order valence-electron chi connectivity index (χ3n) is 3.55. The van der Waals surface area contributed by atoms with Crippen LogP contribution in [0.4, 0.5) is 0 Å². The van der Waals surface area contributed by atoms with E-state index in [0.717, 1.165) is 11.8 Å². The maximum absolute atomic E-state index is 3.89. The van der Waals surface area contributed by atoms with Crippen LogP contribution in [-0.4, -0.2) is 4.83 Å². The van der Waals surface area contributed by atoms with Crippen LogP contribution in [0.15, 0.2) is 17.5 Å². The van der Waals surface area contributed by atoms with Crippen LogP contribution in [0, 0.1) is 11.8 Å². The summed E-state index contributed by atoms with van der Waals surface area (Å²) in [5.74, 6) is 1.87. The molecule has 1 aliphatic carbocycles. The number of rotatable bonds is 3. The van der Waals surface area contributed by atoms with Crippen molar-refractivity contribution in [2.75, 3.05) is 0 Å². The summed E-state index contributed by atoms with van der Waals surface area (Å²) in [5.41, 5.74) is 0. The molecule has 0 saturated heterocycles. The molecule has 0 N–H and O–H groups in total. The van der Waals surface area contributed by atoms with E-state index in [1.165, 1.54) is 37.0 Å². The Morgan fingerprint density at radius 2 is 2.13 bits per heavy atom. The highest BCUT2D eigenvalue weighted by Gasteiger charge is 2.24. The van der Waals surface area contributed by atoms with E-state index in [9.17, 15) is 0 Å². The van der Waals surface area contributed by atoms with Crippen molar-refractivity contribution in [2.24, 2.45) is 11.8 Å². The molecule has 0 radical (unpaired) electrons. The average molecular weight is 287 g/mol. The first-order valence-electron chi connectivity index (χ1n) is 5.92. The lowest BCUT2D eigenvalue weighted by Gasteiger charge is -2.29. The van der Waals surface area contributed by atoms with Gasteiger partial charge >= 0.3 is 0 Å². The first-order valence-corrected chi connectivity index (χ1v) is 7.71. The molecule has 84 valence electrons. The molecule has 0 aliphatic heterocycles. The molecule has 1 aromatic rings. The van der Waals surface area contributed by atoms with E-state index in [0.29, 0.717) is 4.83 Å².